The molecule has 22 heavy (non-hydrogen) atoms. The molecular weight excluding hydrogens is 303 g/mol. The Morgan fingerprint density at radius 1 is 1.18 bits per heavy atom. The van der Waals surface area contributed by atoms with E-state index < -0.39 is 15.8 Å². The SMILES string of the molecule is CN(Cc1ccc(F)cc1C#N)S(=O)(=O)Cc1ccccc1. The highest BCUT2D eigenvalue weighted by Crippen LogP contribution is 2.16. The first-order valence-electron chi connectivity index (χ1n) is 6.59. The van der Waals surface area contributed by atoms with Gasteiger partial charge in [-0.25, -0.2) is 17.1 Å². The van der Waals surface area contributed by atoms with Crippen LogP contribution in [0.1, 0.15) is 16.7 Å². The predicted octanol–water partition coefficient (Wildman–Crippen LogP) is 2.66. The molecule has 0 unspecified atom stereocenters. The van der Waals surface area contributed by atoms with E-state index >= 15 is 0 Å². The van der Waals surface area contributed by atoms with Gasteiger partial charge < -0.3 is 0 Å². The van der Waals surface area contributed by atoms with E-state index in [1.54, 1.807) is 24.3 Å². The maximum absolute atomic E-state index is 13.1. The van der Waals surface area contributed by atoms with Crippen molar-refractivity contribution in [2.45, 2.75) is 12.3 Å². The van der Waals surface area contributed by atoms with E-state index in [2.05, 4.69) is 0 Å². The topological polar surface area (TPSA) is 61.2 Å². The van der Waals surface area contributed by atoms with Crippen molar-refractivity contribution in [1.29, 1.82) is 5.26 Å². The van der Waals surface area contributed by atoms with Crippen LogP contribution in [0.4, 0.5) is 4.39 Å². The van der Waals surface area contributed by atoms with Gasteiger partial charge in [0.15, 0.2) is 0 Å². The van der Waals surface area contributed by atoms with E-state index in [1.807, 2.05) is 12.1 Å². The predicted molar refractivity (Wildman–Crippen MR) is 81.6 cm³/mol. The summed E-state index contributed by atoms with van der Waals surface area (Å²) >= 11 is 0. The van der Waals surface area contributed by atoms with Crippen molar-refractivity contribution in [2.24, 2.45) is 0 Å². The fourth-order valence-electron chi connectivity index (χ4n) is 2.02. The number of nitrogens with zero attached hydrogens (tertiary/aromatic N) is 2. The Bertz CT molecular complexity index is 799. The van der Waals surface area contributed by atoms with Gasteiger partial charge in [-0.2, -0.15) is 5.26 Å². The molecule has 0 bridgehead atoms. The molecule has 0 fully saturated rings. The summed E-state index contributed by atoms with van der Waals surface area (Å²) < 4.78 is 39.0. The number of halogens is 1. The third kappa shape index (κ3) is 3.91. The van der Waals surface area contributed by atoms with Gasteiger partial charge in [0.2, 0.25) is 10.0 Å². The Kier molecular flexibility index (Phi) is 4.91. The second kappa shape index (κ2) is 6.69. The van der Waals surface area contributed by atoms with Crippen molar-refractivity contribution in [2.75, 3.05) is 7.05 Å². The summed E-state index contributed by atoms with van der Waals surface area (Å²) in [6, 6.07) is 14.5. The summed E-state index contributed by atoms with van der Waals surface area (Å²) in [5.74, 6) is -0.636. The van der Waals surface area contributed by atoms with Crippen molar-refractivity contribution in [3.05, 3.63) is 71.0 Å². The van der Waals surface area contributed by atoms with Gasteiger partial charge in [-0.1, -0.05) is 36.4 Å². The van der Waals surface area contributed by atoms with Crippen LogP contribution in [0.5, 0.6) is 0 Å². The average Bonchev–Trinajstić information content (AvgIpc) is 2.49. The van der Waals surface area contributed by atoms with Crippen LogP contribution in [0.15, 0.2) is 48.5 Å². The molecule has 6 heteroatoms. The van der Waals surface area contributed by atoms with Crippen LogP contribution < -0.4 is 0 Å². The molecule has 0 aromatic heterocycles. The summed E-state index contributed by atoms with van der Waals surface area (Å²) in [6.07, 6.45) is 0. The lowest BCUT2D eigenvalue weighted by atomic mass is 10.1. The first-order valence-corrected chi connectivity index (χ1v) is 8.20. The Hall–Kier alpha value is -2.23. The number of benzene rings is 2. The van der Waals surface area contributed by atoms with E-state index in [0.717, 1.165) is 6.07 Å². The van der Waals surface area contributed by atoms with Gasteiger partial charge >= 0.3 is 0 Å². The van der Waals surface area contributed by atoms with E-state index in [4.69, 9.17) is 5.26 Å². The molecule has 0 atom stereocenters. The molecule has 0 saturated heterocycles. The van der Waals surface area contributed by atoms with Gasteiger partial charge in [0.05, 0.1) is 17.4 Å². The molecule has 114 valence electrons. The highest BCUT2D eigenvalue weighted by molar-refractivity contribution is 7.88. The minimum Gasteiger partial charge on any atom is -0.212 e. The quantitative estimate of drug-likeness (QED) is 0.851. The number of hydrogen-bond donors (Lipinski definition) is 0. The second-order valence-corrected chi connectivity index (χ2v) is 6.99. The molecule has 2 aromatic rings. The highest BCUT2D eigenvalue weighted by Gasteiger charge is 2.20. The highest BCUT2D eigenvalue weighted by atomic mass is 32.2. The van der Waals surface area contributed by atoms with Crippen molar-refractivity contribution in [3.63, 3.8) is 0 Å². The molecule has 0 aliphatic carbocycles. The lowest BCUT2D eigenvalue weighted by Gasteiger charge is -2.18. The van der Waals surface area contributed by atoms with Crippen molar-refractivity contribution < 1.29 is 12.8 Å². The molecule has 0 heterocycles. The first kappa shape index (κ1) is 16.1. The number of hydrogen-bond acceptors (Lipinski definition) is 3. The Morgan fingerprint density at radius 3 is 2.50 bits per heavy atom. The zero-order chi connectivity index (χ0) is 16.2. The summed E-state index contributed by atoms with van der Waals surface area (Å²) in [7, 11) is -2.07. The molecule has 0 saturated carbocycles. The van der Waals surface area contributed by atoms with Gasteiger partial charge in [-0.15, -0.1) is 0 Å². The Balaban J connectivity index is 2.18. The van der Waals surface area contributed by atoms with Crippen molar-refractivity contribution in [3.8, 4) is 6.07 Å². The average molecular weight is 318 g/mol. The monoisotopic (exact) mass is 318 g/mol. The number of rotatable bonds is 5. The number of sulfonamides is 1. The first-order chi connectivity index (χ1) is 10.4. The molecule has 0 radical (unpaired) electrons. The molecule has 2 rings (SSSR count). The lowest BCUT2D eigenvalue weighted by molar-refractivity contribution is 0.465. The van der Waals surface area contributed by atoms with E-state index in [-0.39, 0.29) is 17.9 Å². The third-order valence-corrected chi connectivity index (χ3v) is 5.03. The summed E-state index contributed by atoms with van der Waals surface area (Å²) in [5.41, 5.74) is 1.30. The Labute approximate surface area is 129 Å². The zero-order valence-corrected chi connectivity index (χ0v) is 12.8. The maximum Gasteiger partial charge on any atom is 0.218 e. The van der Waals surface area contributed by atoms with Crippen LogP contribution in [0.25, 0.3) is 0 Å². The second-order valence-electron chi connectivity index (χ2n) is 4.91. The van der Waals surface area contributed by atoms with Gasteiger partial charge in [-0.3, -0.25) is 0 Å². The molecule has 0 spiro atoms. The fourth-order valence-corrected chi connectivity index (χ4v) is 3.19. The van der Waals surface area contributed by atoms with Crippen LogP contribution in [0.2, 0.25) is 0 Å². The summed E-state index contributed by atoms with van der Waals surface area (Å²) in [6.45, 7) is 0.0261. The van der Waals surface area contributed by atoms with Crippen LogP contribution in [0.3, 0.4) is 0 Å². The van der Waals surface area contributed by atoms with Gasteiger partial charge in [0.1, 0.15) is 5.82 Å². The van der Waals surface area contributed by atoms with E-state index in [0.29, 0.717) is 11.1 Å². The van der Waals surface area contributed by atoms with Crippen molar-refractivity contribution >= 4 is 10.0 Å². The number of nitriles is 1. The van der Waals surface area contributed by atoms with Crippen LogP contribution in [0, 0.1) is 17.1 Å². The normalized spacial score (nSPS) is 11.4. The standard InChI is InChI=1S/C16H15FN2O2S/c1-19(11-14-7-8-16(17)9-15(14)10-18)22(20,21)12-13-5-3-2-4-6-13/h2-9H,11-12H2,1H3. The molecule has 0 amide bonds. The van der Waals surface area contributed by atoms with Gasteiger partial charge in [0.25, 0.3) is 0 Å². The van der Waals surface area contributed by atoms with Crippen LogP contribution in [-0.4, -0.2) is 19.8 Å². The zero-order valence-electron chi connectivity index (χ0n) is 12.0. The summed E-state index contributed by atoms with van der Waals surface area (Å²) in [4.78, 5) is 0. The van der Waals surface area contributed by atoms with Crippen molar-refractivity contribution in [1.82, 2.24) is 4.31 Å². The molecule has 2 aromatic carbocycles. The Morgan fingerprint density at radius 2 is 1.86 bits per heavy atom. The van der Waals surface area contributed by atoms with Crippen LogP contribution in [-0.2, 0) is 22.3 Å². The summed E-state index contributed by atoms with van der Waals surface area (Å²) in [5, 5.41) is 9.01. The maximum atomic E-state index is 13.1. The minimum atomic E-state index is -3.52. The van der Waals surface area contributed by atoms with Gasteiger partial charge in [0, 0.05) is 13.6 Å². The third-order valence-electron chi connectivity index (χ3n) is 3.25. The van der Waals surface area contributed by atoms with E-state index in [9.17, 15) is 12.8 Å². The molecule has 0 N–H and O–H groups in total. The smallest absolute Gasteiger partial charge is 0.212 e. The van der Waals surface area contributed by atoms with E-state index in [1.165, 1.54) is 23.5 Å². The molecule has 0 aliphatic rings. The largest absolute Gasteiger partial charge is 0.218 e. The molecule has 4 nitrogen and oxygen atoms in total. The lowest BCUT2D eigenvalue weighted by Crippen LogP contribution is -2.28. The fraction of sp³-hybridized carbons (Fsp3) is 0.188. The molecule has 0 aliphatic heterocycles. The molecular formula is C16H15FN2O2S. The minimum absolute atomic E-state index is 0.0261. The van der Waals surface area contributed by atoms with Gasteiger partial charge in [-0.05, 0) is 23.3 Å². The van der Waals surface area contributed by atoms with Crippen LogP contribution >= 0.6 is 0 Å².